The van der Waals surface area contributed by atoms with Crippen molar-refractivity contribution in [2.45, 2.75) is 39.7 Å². The van der Waals surface area contributed by atoms with Crippen LogP contribution >= 0.6 is 11.3 Å². The molecule has 4 rings (SSSR count). The molecule has 176 valence electrons. The summed E-state index contributed by atoms with van der Waals surface area (Å²) < 4.78 is 12.6. The third kappa shape index (κ3) is 5.72. The van der Waals surface area contributed by atoms with E-state index in [1.807, 2.05) is 61.5 Å². The molecule has 0 radical (unpaired) electrons. The van der Waals surface area contributed by atoms with Crippen LogP contribution in [0.2, 0.25) is 0 Å². The van der Waals surface area contributed by atoms with Gasteiger partial charge in [-0.3, -0.25) is 14.7 Å². The van der Waals surface area contributed by atoms with Crippen LogP contribution in [-0.4, -0.2) is 29.1 Å². The summed E-state index contributed by atoms with van der Waals surface area (Å²) in [5, 5.41) is 0.616. The lowest BCUT2D eigenvalue weighted by atomic mass is 10.1. The molecule has 6 nitrogen and oxygen atoms in total. The van der Waals surface area contributed by atoms with E-state index in [0.717, 1.165) is 40.8 Å². The van der Waals surface area contributed by atoms with Gasteiger partial charge in [0.05, 0.1) is 24.5 Å². The lowest BCUT2D eigenvalue weighted by molar-refractivity contribution is 0.0984. The van der Waals surface area contributed by atoms with Crippen LogP contribution in [0.5, 0.6) is 11.5 Å². The Bertz CT molecular complexity index is 1230. The molecule has 0 saturated heterocycles. The first-order valence-electron chi connectivity index (χ1n) is 11.7. The van der Waals surface area contributed by atoms with E-state index in [1.54, 1.807) is 17.3 Å². The molecule has 0 unspecified atom stereocenters. The number of para-hydroxylation sites is 1. The van der Waals surface area contributed by atoms with Gasteiger partial charge in [-0.15, -0.1) is 0 Å². The third-order valence-electron chi connectivity index (χ3n) is 5.31. The molecule has 1 amide bonds. The number of ether oxygens (including phenoxy) is 2. The van der Waals surface area contributed by atoms with Crippen LogP contribution in [0.3, 0.4) is 0 Å². The van der Waals surface area contributed by atoms with Gasteiger partial charge in [0.25, 0.3) is 5.91 Å². The summed E-state index contributed by atoms with van der Waals surface area (Å²) in [6.07, 6.45) is 6.75. The number of anilines is 1. The molecule has 2 aromatic heterocycles. The van der Waals surface area contributed by atoms with Gasteiger partial charge in [0.15, 0.2) is 5.13 Å². The lowest BCUT2D eigenvalue weighted by Crippen LogP contribution is -2.30. The average Bonchev–Trinajstić information content (AvgIpc) is 3.31. The smallest absolute Gasteiger partial charge is 0.260 e. The second-order valence-electron chi connectivity index (χ2n) is 7.87. The Morgan fingerprint density at radius 1 is 1.03 bits per heavy atom. The zero-order valence-electron chi connectivity index (χ0n) is 19.6. The zero-order valence-corrected chi connectivity index (χ0v) is 20.4. The van der Waals surface area contributed by atoms with Crippen molar-refractivity contribution in [2.75, 3.05) is 18.1 Å². The number of benzene rings is 2. The van der Waals surface area contributed by atoms with Gasteiger partial charge in [-0.05, 0) is 55.3 Å². The summed E-state index contributed by atoms with van der Waals surface area (Å²) in [4.78, 5) is 24.5. The van der Waals surface area contributed by atoms with Crippen molar-refractivity contribution < 1.29 is 14.3 Å². The van der Waals surface area contributed by atoms with Crippen LogP contribution < -0.4 is 14.4 Å². The van der Waals surface area contributed by atoms with Gasteiger partial charge >= 0.3 is 0 Å². The monoisotopic (exact) mass is 475 g/mol. The summed E-state index contributed by atoms with van der Waals surface area (Å²) in [6, 6.07) is 17.0. The van der Waals surface area contributed by atoms with E-state index in [9.17, 15) is 4.79 Å². The Morgan fingerprint density at radius 3 is 2.71 bits per heavy atom. The zero-order chi connectivity index (χ0) is 23.8. The normalized spacial score (nSPS) is 10.9. The Kier molecular flexibility index (Phi) is 8.09. The lowest BCUT2D eigenvalue weighted by Gasteiger charge is -2.20. The number of unbranched alkanes of at least 4 members (excludes halogenated alkanes) is 2. The molecule has 7 heteroatoms. The maximum Gasteiger partial charge on any atom is 0.260 e. The summed E-state index contributed by atoms with van der Waals surface area (Å²) in [5.74, 6) is 1.28. The Hall–Kier alpha value is -3.45. The summed E-state index contributed by atoms with van der Waals surface area (Å²) in [5.41, 5.74) is 2.25. The number of carbonyl (C=O) groups excluding carboxylic acids is 1. The molecular weight excluding hydrogens is 446 g/mol. The maximum absolute atomic E-state index is 13.8. The predicted molar refractivity (Wildman–Crippen MR) is 137 cm³/mol. The number of fused-ring (bicyclic) bond motifs is 1. The molecule has 0 bridgehead atoms. The number of rotatable bonds is 11. The Balaban J connectivity index is 1.66. The first-order valence-corrected chi connectivity index (χ1v) is 12.5. The van der Waals surface area contributed by atoms with Gasteiger partial charge in [0.2, 0.25) is 0 Å². The number of hydrogen-bond acceptors (Lipinski definition) is 6. The highest BCUT2D eigenvalue weighted by Crippen LogP contribution is 2.35. The molecule has 0 aliphatic heterocycles. The number of aromatic nitrogens is 2. The van der Waals surface area contributed by atoms with E-state index in [1.165, 1.54) is 11.3 Å². The first-order chi connectivity index (χ1) is 16.7. The van der Waals surface area contributed by atoms with Gasteiger partial charge < -0.3 is 9.47 Å². The van der Waals surface area contributed by atoms with Crippen molar-refractivity contribution in [3.8, 4) is 11.5 Å². The predicted octanol–water partition coefficient (Wildman–Crippen LogP) is 6.51. The number of thiazole rings is 1. The van der Waals surface area contributed by atoms with Crippen molar-refractivity contribution in [3.63, 3.8) is 0 Å². The molecule has 2 heterocycles. The van der Waals surface area contributed by atoms with Crippen molar-refractivity contribution in [3.05, 3.63) is 78.1 Å². The van der Waals surface area contributed by atoms with Crippen molar-refractivity contribution in [1.82, 2.24) is 9.97 Å². The number of pyridine rings is 1. The molecule has 0 aliphatic carbocycles. The molecule has 0 atom stereocenters. The van der Waals surface area contributed by atoms with Crippen LogP contribution in [-0.2, 0) is 6.54 Å². The fraction of sp³-hybridized carbons (Fsp3) is 0.296. The van der Waals surface area contributed by atoms with Gasteiger partial charge in [-0.25, -0.2) is 4.98 Å². The van der Waals surface area contributed by atoms with Crippen LogP contribution in [0.1, 0.15) is 49.0 Å². The topological polar surface area (TPSA) is 64.5 Å². The van der Waals surface area contributed by atoms with Crippen molar-refractivity contribution in [1.29, 1.82) is 0 Å². The number of amides is 1. The molecular formula is C27H29N3O3S. The fourth-order valence-electron chi connectivity index (χ4n) is 3.62. The molecule has 0 fully saturated rings. The minimum Gasteiger partial charge on any atom is -0.494 e. The minimum absolute atomic E-state index is 0.139. The Morgan fingerprint density at radius 2 is 1.91 bits per heavy atom. The van der Waals surface area contributed by atoms with Gasteiger partial charge in [0.1, 0.15) is 17.0 Å². The molecule has 0 saturated carbocycles. The number of carbonyl (C=O) groups is 1. The van der Waals surface area contributed by atoms with E-state index in [-0.39, 0.29) is 5.91 Å². The third-order valence-corrected chi connectivity index (χ3v) is 6.35. The van der Waals surface area contributed by atoms with Gasteiger partial charge in [-0.1, -0.05) is 49.3 Å². The summed E-state index contributed by atoms with van der Waals surface area (Å²) in [7, 11) is 0. The SMILES string of the molecule is CCCCCOc1cccc(C(=O)N(Cc2cccnc2)c2nc3c(OCC)cccc3s2)c1. The standard InChI is InChI=1S/C27H29N3O3S/c1-3-5-6-16-33-22-12-7-11-21(17-22)26(31)30(19-20-10-9-15-28-18-20)27-29-25-23(32-4-2)13-8-14-24(25)34-27/h7-15,17-18H,3-6,16,19H2,1-2H3. The summed E-state index contributed by atoms with van der Waals surface area (Å²) in [6.45, 7) is 5.66. The second kappa shape index (κ2) is 11.6. The van der Waals surface area contributed by atoms with E-state index >= 15 is 0 Å². The van der Waals surface area contributed by atoms with Gasteiger partial charge in [-0.2, -0.15) is 0 Å². The number of nitrogens with zero attached hydrogens (tertiary/aromatic N) is 3. The highest BCUT2D eigenvalue weighted by molar-refractivity contribution is 7.22. The first kappa shape index (κ1) is 23.7. The molecule has 0 spiro atoms. The van der Waals surface area contributed by atoms with Crippen molar-refractivity contribution in [2.24, 2.45) is 0 Å². The highest BCUT2D eigenvalue weighted by Gasteiger charge is 2.23. The molecule has 4 aromatic rings. The minimum atomic E-state index is -0.139. The molecule has 2 aromatic carbocycles. The molecule has 0 N–H and O–H groups in total. The maximum atomic E-state index is 13.8. The van der Waals surface area contributed by atoms with E-state index < -0.39 is 0 Å². The van der Waals surface area contributed by atoms with Crippen LogP contribution in [0.4, 0.5) is 5.13 Å². The second-order valence-corrected chi connectivity index (χ2v) is 8.88. The van der Waals surface area contributed by atoms with Crippen LogP contribution in [0.15, 0.2) is 67.0 Å². The van der Waals surface area contributed by atoms with Crippen LogP contribution in [0, 0.1) is 0 Å². The van der Waals surface area contributed by atoms with E-state index in [0.29, 0.717) is 36.2 Å². The average molecular weight is 476 g/mol. The van der Waals surface area contributed by atoms with Crippen molar-refractivity contribution >= 4 is 32.6 Å². The Labute approximate surface area is 204 Å². The summed E-state index contributed by atoms with van der Waals surface area (Å²) >= 11 is 1.47. The largest absolute Gasteiger partial charge is 0.494 e. The quantitative estimate of drug-likeness (QED) is 0.232. The highest BCUT2D eigenvalue weighted by atomic mass is 32.1. The van der Waals surface area contributed by atoms with E-state index in [4.69, 9.17) is 14.5 Å². The molecule has 34 heavy (non-hydrogen) atoms. The molecule has 0 aliphatic rings. The van der Waals surface area contributed by atoms with Gasteiger partial charge in [0, 0.05) is 18.0 Å². The van der Waals surface area contributed by atoms with E-state index in [2.05, 4.69) is 11.9 Å². The fourth-order valence-corrected chi connectivity index (χ4v) is 4.60. The van der Waals surface area contributed by atoms with Crippen LogP contribution in [0.25, 0.3) is 10.2 Å². The number of hydrogen-bond donors (Lipinski definition) is 0.